The Bertz CT molecular complexity index is 528. The molecule has 0 amide bonds. The van der Waals surface area contributed by atoms with Crippen molar-refractivity contribution in [1.29, 1.82) is 0 Å². The maximum Gasteiger partial charge on any atom is 0.142 e. The van der Waals surface area contributed by atoms with Crippen LogP contribution in [-0.2, 0) is 6.54 Å². The first-order chi connectivity index (χ1) is 7.58. The molecule has 16 heavy (non-hydrogen) atoms. The molecule has 1 heterocycles. The highest BCUT2D eigenvalue weighted by Crippen LogP contribution is 2.23. The van der Waals surface area contributed by atoms with Crippen molar-refractivity contribution in [2.24, 2.45) is 0 Å². The van der Waals surface area contributed by atoms with Gasteiger partial charge in [0.1, 0.15) is 15.0 Å². The molecule has 0 radical (unpaired) electrons. The molecule has 0 unspecified atom stereocenters. The van der Waals surface area contributed by atoms with Crippen LogP contribution < -0.4 is 0 Å². The molecule has 1 aromatic carbocycles. The summed E-state index contributed by atoms with van der Waals surface area (Å²) in [6.07, 6.45) is 0. The number of benzene rings is 1. The van der Waals surface area contributed by atoms with Gasteiger partial charge < -0.3 is 0 Å². The maximum absolute atomic E-state index is 13.2. The lowest BCUT2D eigenvalue weighted by atomic mass is 10.2. The first-order valence-corrected chi connectivity index (χ1v) is 6.36. The van der Waals surface area contributed by atoms with Crippen molar-refractivity contribution in [3.8, 4) is 0 Å². The van der Waals surface area contributed by atoms with Crippen molar-refractivity contribution in [2.45, 2.75) is 6.54 Å². The van der Waals surface area contributed by atoms with Gasteiger partial charge in [0.2, 0.25) is 0 Å². The molecule has 2 aromatic rings. The summed E-state index contributed by atoms with van der Waals surface area (Å²) < 4.78 is 16.4. The number of rotatable bonds is 2. The molecule has 1 aromatic heterocycles. The van der Waals surface area contributed by atoms with Crippen LogP contribution in [0.5, 0.6) is 0 Å². The van der Waals surface area contributed by atoms with E-state index in [2.05, 4.69) is 37.0 Å². The smallest absolute Gasteiger partial charge is 0.142 e. The molecule has 0 aliphatic heterocycles. The van der Waals surface area contributed by atoms with E-state index in [1.807, 2.05) is 6.07 Å². The van der Waals surface area contributed by atoms with E-state index in [0.29, 0.717) is 16.7 Å². The van der Waals surface area contributed by atoms with Crippen LogP contribution in [0.15, 0.2) is 33.5 Å². The van der Waals surface area contributed by atoms with Gasteiger partial charge in [0.05, 0.1) is 11.6 Å². The van der Waals surface area contributed by atoms with Gasteiger partial charge in [-0.2, -0.15) is 5.10 Å². The molecular weight excluding hydrogens is 362 g/mol. The van der Waals surface area contributed by atoms with E-state index < -0.39 is 5.82 Å². The van der Waals surface area contributed by atoms with Gasteiger partial charge in [-0.25, -0.2) is 4.39 Å². The molecular formula is C10H6Br2ClFN2. The van der Waals surface area contributed by atoms with Gasteiger partial charge in [-0.3, -0.25) is 4.68 Å². The predicted octanol–water partition coefficient (Wildman–Crippen LogP) is 4.25. The van der Waals surface area contributed by atoms with E-state index >= 15 is 0 Å². The van der Waals surface area contributed by atoms with Crippen LogP contribution in [0.2, 0.25) is 5.02 Å². The number of hydrogen-bond donors (Lipinski definition) is 0. The minimum absolute atomic E-state index is 0.140. The normalized spacial score (nSPS) is 10.8. The summed E-state index contributed by atoms with van der Waals surface area (Å²) in [7, 11) is 0. The van der Waals surface area contributed by atoms with Crippen LogP contribution in [0.4, 0.5) is 4.39 Å². The Hall–Kier alpha value is -0.390. The van der Waals surface area contributed by atoms with E-state index in [1.54, 1.807) is 16.8 Å². The summed E-state index contributed by atoms with van der Waals surface area (Å²) in [6, 6.07) is 6.55. The van der Waals surface area contributed by atoms with Gasteiger partial charge in [-0.05, 0) is 43.5 Å². The Morgan fingerprint density at radius 2 is 2.12 bits per heavy atom. The van der Waals surface area contributed by atoms with Gasteiger partial charge in [-0.1, -0.05) is 23.7 Å². The molecule has 0 spiro atoms. The maximum atomic E-state index is 13.2. The summed E-state index contributed by atoms with van der Waals surface area (Å²) in [5.41, 5.74) is 0.693. The molecule has 0 saturated carbocycles. The highest BCUT2D eigenvalue weighted by molar-refractivity contribution is 9.11. The first kappa shape index (κ1) is 12.1. The van der Waals surface area contributed by atoms with Crippen molar-refractivity contribution in [2.75, 3.05) is 0 Å². The fraction of sp³-hybridized carbons (Fsp3) is 0.100. The lowest BCUT2D eigenvalue weighted by Crippen LogP contribution is -2.03. The quantitative estimate of drug-likeness (QED) is 0.775. The second-order valence-corrected chi connectivity index (χ2v) is 5.16. The average molecular weight is 368 g/mol. The van der Waals surface area contributed by atoms with E-state index in [1.165, 1.54) is 6.07 Å². The van der Waals surface area contributed by atoms with E-state index in [4.69, 9.17) is 11.6 Å². The van der Waals surface area contributed by atoms with Crippen molar-refractivity contribution >= 4 is 43.5 Å². The Labute approximate surface area is 114 Å². The number of aromatic nitrogens is 2. The van der Waals surface area contributed by atoms with Crippen LogP contribution in [0.1, 0.15) is 5.56 Å². The third-order valence-electron chi connectivity index (χ3n) is 2.05. The second kappa shape index (κ2) is 4.85. The summed E-state index contributed by atoms with van der Waals surface area (Å²) in [5, 5.41) is 4.32. The van der Waals surface area contributed by atoms with Crippen molar-refractivity contribution in [3.63, 3.8) is 0 Å². The van der Waals surface area contributed by atoms with E-state index in [0.717, 1.165) is 4.60 Å². The minimum Gasteiger partial charge on any atom is -0.253 e. The zero-order valence-electron chi connectivity index (χ0n) is 7.92. The molecule has 0 saturated heterocycles. The zero-order valence-corrected chi connectivity index (χ0v) is 11.9. The van der Waals surface area contributed by atoms with Crippen molar-refractivity contribution < 1.29 is 4.39 Å². The highest BCUT2D eigenvalue weighted by Gasteiger charge is 2.09. The summed E-state index contributed by atoms with van der Waals surface area (Å²) in [5.74, 6) is -0.415. The minimum atomic E-state index is -0.415. The molecule has 0 N–H and O–H groups in total. The lowest BCUT2D eigenvalue weighted by molar-refractivity contribution is 0.617. The summed E-state index contributed by atoms with van der Waals surface area (Å²) in [4.78, 5) is 0. The highest BCUT2D eigenvalue weighted by atomic mass is 79.9. The first-order valence-electron chi connectivity index (χ1n) is 4.39. The molecule has 0 atom stereocenters. The molecule has 0 aliphatic rings. The van der Waals surface area contributed by atoms with Gasteiger partial charge >= 0.3 is 0 Å². The fourth-order valence-corrected chi connectivity index (χ4v) is 2.63. The fourth-order valence-electron chi connectivity index (χ4n) is 1.31. The third kappa shape index (κ3) is 2.47. The van der Waals surface area contributed by atoms with E-state index in [9.17, 15) is 4.39 Å². The molecule has 2 nitrogen and oxygen atoms in total. The van der Waals surface area contributed by atoms with Crippen molar-refractivity contribution in [3.05, 3.63) is 49.9 Å². The Kier molecular flexibility index (Phi) is 3.66. The van der Waals surface area contributed by atoms with Crippen LogP contribution >= 0.6 is 43.5 Å². The van der Waals surface area contributed by atoms with Gasteiger partial charge in [0.25, 0.3) is 0 Å². The average Bonchev–Trinajstić information content (AvgIpc) is 2.53. The Morgan fingerprint density at radius 1 is 1.38 bits per heavy atom. The monoisotopic (exact) mass is 366 g/mol. The summed E-state index contributed by atoms with van der Waals surface area (Å²) >= 11 is 12.5. The number of halogens is 4. The van der Waals surface area contributed by atoms with Gasteiger partial charge in [-0.15, -0.1) is 0 Å². The molecule has 0 aliphatic carbocycles. The second-order valence-electron chi connectivity index (χ2n) is 3.16. The van der Waals surface area contributed by atoms with Crippen LogP contribution in [0, 0.1) is 5.82 Å². The van der Waals surface area contributed by atoms with Crippen LogP contribution in [0.25, 0.3) is 0 Å². The third-order valence-corrected chi connectivity index (χ3v) is 3.50. The molecule has 2 rings (SSSR count). The topological polar surface area (TPSA) is 17.8 Å². The zero-order chi connectivity index (χ0) is 11.7. The SMILES string of the molecule is Fc1cccc(Cn2nc(Br)cc2Br)c1Cl. The van der Waals surface area contributed by atoms with Crippen LogP contribution in [-0.4, -0.2) is 9.78 Å². The molecule has 0 fully saturated rings. The van der Waals surface area contributed by atoms with Crippen molar-refractivity contribution in [1.82, 2.24) is 9.78 Å². The van der Waals surface area contributed by atoms with Crippen LogP contribution in [0.3, 0.4) is 0 Å². The standard InChI is InChI=1S/C10H6Br2ClFN2/c11-8-4-9(12)16(15-8)5-6-2-1-3-7(14)10(6)13/h1-4H,5H2. The van der Waals surface area contributed by atoms with Gasteiger partial charge in [0.15, 0.2) is 0 Å². The summed E-state index contributed by atoms with van der Waals surface area (Å²) in [6.45, 7) is 0.419. The lowest BCUT2D eigenvalue weighted by Gasteiger charge is -2.06. The number of hydrogen-bond acceptors (Lipinski definition) is 1. The predicted molar refractivity (Wildman–Crippen MR) is 68.1 cm³/mol. The van der Waals surface area contributed by atoms with E-state index in [-0.39, 0.29) is 5.02 Å². The largest absolute Gasteiger partial charge is 0.253 e. The van der Waals surface area contributed by atoms with Gasteiger partial charge in [0, 0.05) is 6.07 Å². The molecule has 6 heteroatoms. The Balaban J connectivity index is 2.34. The molecule has 84 valence electrons. The molecule has 0 bridgehead atoms. The Morgan fingerprint density at radius 3 is 2.75 bits per heavy atom. The number of nitrogens with zero attached hydrogens (tertiary/aromatic N) is 2.